The van der Waals surface area contributed by atoms with E-state index in [1.807, 2.05) is 0 Å². The zero-order valence-corrected chi connectivity index (χ0v) is 4.20. The van der Waals surface area contributed by atoms with Crippen LogP contribution in [0.25, 0.3) is 0 Å². The smallest absolute Gasteiger partial charge is 0.179 e. The molecule has 0 aliphatic carbocycles. The van der Waals surface area contributed by atoms with E-state index in [2.05, 4.69) is 4.98 Å². The van der Waals surface area contributed by atoms with Crippen LogP contribution in [0.2, 0.25) is 0 Å². The van der Waals surface area contributed by atoms with Gasteiger partial charge in [-0.1, -0.05) is 0 Å². The Morgan fingerprint density at radius 3 is 2.50 bits per heavy atom. The Morgan fingerprint density at radius 1 is 1.50 bits per heavy atom. The van der Waals surface area contributed by atoms with Gasteiger partial charge in [-0.15, -0.1) is 0 Å². The summed E-state index contributed by atoms with van der Waals surface area (Å²) in [5.41, 5.74) is 0.491. The summed E-state index contributed by atoms with van der Waals surface area (Å²) >= 11 is 0. The largest absolute Gasteiger partial charge is 0.367 e. The second-order valence-electron chi connectivity index (χ2n) is 1.52. The molecule has 0 saturated heterocycles. The summed E-state index contributed by atoms with van der Waals surface area (Å²) in [4.78, 5) is 2.69. The van der Waals surface area contributed by atoms with Crippen LogP contribution in [0.4, 0.5) is 0 Å². The summed E-state index contributed by atoms with van der Waals surface area (Å²) in [6, 6.07) is 1.60. The zero-order chi connectivity index (χ0) is 5.98. The molecule has 0 aromatic carbocycles. The molecule has 1 heterocycles. The molecule has 0 amide bonds. The molecule has 0 atom stereocenters. The van der Waals surface area contributed by atoms with Gasteiger partial charge in [0.1, 0.15) is 0 Å². The van der Waals surface area contributed by atoms with E-state index in [1.165, 1.54) is 6.20 Å². The Hall–Kier alpha value is -0.800. The SMILES string of the molecule is OC(O)c1cc[nH]c1. The van der Waals surface area contributed by atoms with Gasteiger partial charge in [0.15, 0.2) is 6.29 Å². The van der Waals surface area contributed by atoms with Gasteiger partial charge in [-0.05, 0) is 6.07 Å². The molecular formula is C5H7NO2. The fraction of sp³-hybridized carbons (Fsp3) is 0.200. The van der Waals surface area contributed by atoms with Crippen LogP contribution in [-0.2, 0) is 0 Å². The number of aliphatic hydroxyl groups is 2. The molecule has 0 radical (unpaired) electrons. The highest BCUT2D eigenvalue weighted by Gasteiger charge is 1.98. The monoisotopic (exact) mass is 113 g/mol. The third kappa shape index (κ3) is 0.882. The number of H-pyrrole nitrogens is 1. The number of rotatable bonds is 1. The number of aromatic nitrogens is 1. The minimum atomic E-state index is -1.35. The van der Waals surface area contributed by atoms with Crippen LogP contribution in [0.5, 0.6) is 0 Å². The summed E-state index contributed by atoms with van der Waals surface area (Å²) in [6.45, 7) is 0. The number of hydrogen-bond donors (Lipinski definition) is 3. The van der Waals surface area contributed by atoms with Crippen LogP contribution in [0.15, 0.2) is 18.5 Å². The van der Waals surface area contributed by atoms with Crippen LogP contribution in [-0.4, -0.2) is 15.2 Å². The topological polar surface area (TPSA) is 56.2 Å². The molecule has 3 N–H and O–H groups in total. The fourth-order valence-electron chi connectivity index (χ4n) is 0.497. The van der Waals surface area contributed by atoms with E-state index in [0.717, 1.165) is 0 Å². The first kappa shape index (κ1) is 5.34. The molecule has 0 unspecified atom stereocenters. The summed E-state index contributed by atoms with van der Waals surface area (Å²) in [5, 5.41) is 16.9. The number of aliphatic hydroxyl groups excluding tert-OH is 1. The third-order valence-corrected chi connectivity index (χ3v) is 0.920. The maximum absolute atomic E-state index is 8.45. The van der Waals surface area contributed by atoms with Crippen molar-refractivity contribution in [1.29, 1.82) is 0 Å². The second-order valence-corrected chi connectivity index (χ2v) is 1.52. The average Bonchev–Trinajstić information content (AvgIpc) is 2.12. The van der Waals surface area contributed by atoms with Crippen LogP contribution < -0.4 is 0 Å². The van der Waals surface area contributed by atoms with Gasteiger partial charge in [-0.2, -0.15) is 0 Å². The quantitative estimate of drug-likeness (QED) is 0.449. The fourth-order valence-corrected chi connectivity index (χ4v) is 0.497. The Morgan fingerprint density at radius 2 is 2.25 bits per heavy atom. The molecule has 3 nitrogen and oxygen atoms in total. The van der Waals surface area contributed by atoms with Crippen molar-refractivity contribution < 1.29 is 10.2 Å². The van der Waals surface area contributed by atoms with Crippen LogP contribution >= 0.6 is 0 Å². The lowest BCUT2D eigenvalue weighted by Crippen LogP contribution is -1.90. The molecular weight excluding hydrogens is 106 g/mol. The third-order valence-electron chi connectivity index (χ3n) is 0.920. The van der Waals surface area contributed by atoms with Gasteiger partial charge in [0, 0.05) is 18.0 Å². The van der Waals surface area contributed by atoms with Gasteiger partial charge in [0.2, 0.25) is 0 Å². The Labute approximate surface area is 46.6 Å². The van der Waals surface area contributed by atoms with Gasteiger partial charge in [-0.3, -0.25) is 0 Å². The van der Waals surface area contributed by atoms with Crippen LogP contribution in [0.1, 0.15) is 11.9 Å². The van der Waals surface area contributed by atoms with Crippen molar-refractivity contribution in [2.75, 3.05) is 0 Å². The van der Waals surface area contributed by atoms with Crippen LogP contribution in [0.3, 0.4) is 0 Å². The van der Waals surface area contributed by atoms with Crippen LogP contribution in [0, 0.1) is 0 Å². The maximum Gasteiger partial charge on any atom is 0.179 e. The lowest BCUT2D eigenvalue weighted by Gasteiger charge is -1.94. The molecule has 1 rings (SSSR count). The average molecular weight is 113 g/mol. The Bertz CT molecular complexity index is 145. The van der Waals surface area contributed by atoms with E-state index in [9.17, 15) is 0 Å². The molecule has 44 valence electrons. The summed E-state index contributed by atoms with van der Waals surface area (Å²) in [7, 11) is 0. The number of hydrogen-bond acceptors (Lipinski definition) is 2. The van der Waals surface area contributed by atoms with Crippen molar-refractivity contribution in [1.82, 2.24) is 4.98 Å². The standard InChI is InChI=1S/C5H7NO2/c7-5(8)4-1-2-6-3-4/h1-3,5-8H. The Balaban J connectivity index is 2.77. The minimum absolute atomic E-state index is 0.491. The molecule has 0 bridgehead atoms. The van der Waals surface area contributed by atoms with Gasteiger partial charge in [0.25, 0.3) is 0 Å². The molecule has 0 saturated carbocycles. The van der Waals surface area contributed by atoms with Gasteiger partial charge in [0.05, 0.1) is 0 Å². The normalized spacial score (nSPS) is 10.4. The van der Waals surface area contributed by atoms with Gasteiger partial charge < -0.3 is 15.2 Å². The van der Waals surface area contributed by atoms with Crippen molar-refractivity contribution in [2.45, 2.75) is 6.29 Å². The van der Waals surface area contributed by atoms with Crippen molar-refractivity contribution >= 4 is 0 Å². The van der Waals surface area contributed by atoms with E-state index in [4.69, 9.17) is 10.2 Å². The van der Waals surface area contributed by atoms with E-state index in [1.54, 1.807) is 12.3 Å². The van der Waals surface area contributed by atoms with E-state index in [-0.39, 0.29) is 0 Å². The molecule has 0 aliphatic rings. The first-order valence-corrected chi connectivity index (χ1v) is 2.29. The number of nitrogens with one attached hydrogen (secondary N) is 1. The summed E-state index contributed by atoms with van der Waals surface area (Å²) < 4.78 is 0. The van der Waals surface area contributed by atoms with E-state index < -0.39 is 6.29 Å². The van der Waals surface area contributed by atoms with E-state index >= 15 is 0 Å². The molecule has 0 fully saturated rings. The highest BCUT2D eigenvalue weighted by atomic mass is 16.5. The predicted octanol–water partition coefficient (Wildman–Crippen LogP) is -0.00210. The zero-order valence-electron chi connectivity index (χ0n) is 4.20. The van der Waals surface area contributed by atoms with Crippen molar-refractivity contribution in [3.8, 4) is 0 Å². The molecule has 3 heteroatoms. The molecule has 1 aromatic heterocycles. The first-order valence-electron chi connectivity index (χ1n) is 2.29. The summed E-state index contributed by atoms with van der Waals surface area (Å²) in [6.07, 6.45) is 1.82. The summed E-state index contributed by atoms with van der Waals surface area (Å²) in [5.74, 6) is 0. The molecule has 8 heavy (non-hydrogen) atoms. The lowest BCUT2D eigenvalue weighted by molar-refractivity contribution is -0.0423. The molecule has 1 aromatic rings. The maximum atomic E-state index is 8.45. The molecule has 0 spiro atoms. The van der Waals surface area contributed by atoms with Gasteiger partial charge in [-0.25, -0.2) is 0 Å². The first-order chi connectivity index (χ1) is 3.80. The lowest BCUT2D eigenvalue weighted by atomic mass is 10.3. The van der Waals surface area contributed by atoms with Crippen molar-refractivity contribution in [3.05, 3.63) is 24.0 Å². The van der Waals surface area contributed by atoms with Crippen molar-refractivity contribution in [2.24, 2.45) is 0 Å². The number of aromatic amines is 1. The highest BCUT2D eigenvalue weighted by molar-refractivity contribution is 5.08. The van der Waals surface area contributed by atoms with E-state index in [0.29, 0.717) is 5.56 Å². The predicted molar refractivity (Wildman–Crippen MR) is 28.0 cm³/mol. The van der Waals surface area contributed by atoms with Gasteiger partial charge >= 0.3 is 0 Å². The highest BCUT2D eigenvalue weighted by Crippen LogP contribution is 2.05. The molecule has 0 aliphatic heterocycles. The Kier molecular flexibility index (Phi) is 1.32. The van der Waals surface area contributed by atoms with Crippen molar-refractivity contribution in [3.63, 3.8) is 0 Å². The second kappa shape index (κ2) is 1.98. The minimum Gasteiger partial charge on any atom is -0.367 e.